The Morgan fingerprint density at radius 2 is 1.38 bits per heavy atom. The average molecular weight is 425 g/mol. The summed E-state index contributed by atoms with van der Waals surface area (Å²) in [6, 6.07) is 29.5. The Bertz CT molecular complexity index is 1220. The number of rotatable bonds is 7. The van der Waals surface area contributed by atoms with Gasteiger partial charge in [0.1, 0.15) is 0 Å². The van der Waals surface area contributed by atoms with E-state index in [1.165, 1.54) is 0 Å². The first-order valence-corrected chi connectivity index (χ1v) is 10.5. The number of benzene rings is 4. The Hall–Kier alpha value is -3.96. The zero-order chi connectivity index (χ0) is 22.3. The molecule has 0 heterocycles. The van der Waals surface area contributed by atoms with Gasteiger partial charge in [-0.05, 0) is 59.2 Å². The summed E-state index contributed by atoms with van der Waals surface area (Å²) in [5, 5.41) is 17.4. The molecule has 4 aromatic carbocycles. The summed E-state index contributed by atoms with van der Waals surface area (Å²) < 4.78 is 0. The van der Waals surface area contributed by atoms with E-state index in [4.69, 9.17) is 0 Å². The van der Waals surface area contributed by atoms with E-state index in [-0.39, 0.29) is 24.5 Å². The first-order chi connectivity index (χ1) is 15.6. The molecule has 0 saturated heterocycles. The molecule has 0 bridgehead atoms. The molecular weight excluding hydrogens is 400 g/mol. The van der Waals surface area contributed by atoms with Crippen LogP contribution >= 0.6 is 0 Å². The van der Waals surface area contributed by atoms with Gasteiger partial charge in [-0.3, -0.25) is 9.59 Å². The van der Waals surface area contributed by atoms with Gasteiger partial charge in [0.2, 0.25) is 0 Å². The van der Waals surface area contributed by atoms with Crippen LogP contribution in [0.15, 0.2) is 97.1 Å². The standard InChI is InChI=1S/C27H24N2O3/c30-18-25(16-19-6-2-1-3-7-19)29-26(31)21-12-14-24(15-13-21)28-27(32)23-11-10-20-8-4-5-9-22(20)17-23/h1-15,17,25,30H,16,18H2,(H,28,32)(H,29,31). The third-order valence-corrected chi connectivity index (χ3v) is 5.30. The zero-order valence-corrected chi connectivity index (χ0v) is 17.5. The van der Waals surface area contributed by atoms with Gasteiger partial charge in [0.05, 0.1) is 12.6 Å². The summed E-state index contributed by atoms with van der Waals surface area (Å²) in [4.78, 5) is 25.2. The molecule has 2 amide bonds. The molecule has 1 unspecified atom stereocenters. The maximum absolute atomic E-state index is 12.6. The molecule has 4 aromatic rings. The average Bonchev–Trinajstić information content (AvgIpc) is 2.84. The zero-order valence-electron chi connectivity index (χ0n) is 17.5. The lowest BCUT2D eigenvalue weighted by Gasteiger charge is -2.16. The minimum atomic E-state index is -0.378. The van der Waals surface area contributed by atoms with Crippen LogP contribution in [0.1, 0.15) is 26.3 Å². The molecule has 160 valence electrons. The quantitative estimate of drug-likeness (QED) is 0.411. The second-order valence-electron chi connectivity index (χ2n) is 7.64. The molecule has 1 atom stereocenters. The minimum absolute atomic E-state index is 0.152. The molecule has 0 aliphatic heterocycles. The van der Waals surface area contributed by atoms with E-state index in [1.807, 2.05) is 66.7 Å². The van der Waals surface area contributed by atoms with Gasteiger partial charge in [-0.1, -0.05) is 60.7 Å². The predicted octanol–water partition coefficient (Wildman–Crippen LogP) is 4.43. The number of anilines is 1. The number of aliphatic hydroxyl groups excluding tert-OH is 1. The van der Waals surface area contributed by atoms with E-state index in [1.54, 1.807) is 30.3 Å². The number of hydrogen-bond acceptors (Lipinski definition) is 3. The van der Waals surface area contributed by atoms with Gasteiger partial charge >= 0.3 is 0 Å². The number of carbonyl (C=O) groups excluding carboxylic acids is 2. The van der Waals surface area contributed by atoms with Gasteiger partial charge in [-0.15, -0.1) is 0 Å². The topological polar surface area (TPSA) is 78.4 Å². The number of fused-ring (bicyclic) bond motifs is 1. The third kappa shape index (κ3) is 5.20. The van der Waals surface area contributed by atoms with Gasteiger partial charge in [0.15, 0.2) is 0 Å². The molecule has 0 aliphatic rings. The molecule has 5 nitrogen and oxygen atoms in total. The van der Waals surface area contributed by atoms with Gasteiger partial charge in [0, 0.05) is 16.8 Å². The van der Waals surface area contributed by atoms with Gasteiger partial charge < -0.3 is 15.7 Å². The molecule has 0 spiro atoms. The number of carbonyl (C=O) groups is 2. The van der Waals surface area contributed by atoms with Crippen molar-refractivity contribution < 1.29 is 14.7 Å². The third-order valence-electron chi connectivity index (χ3n) is 5.30. The summed E-state index contributed by atoms with van der Waals surface area (Å²) in [5.41, 5.74) is 2.67. The summed E-state index contributed by atoms with van der Waals surface area (Å²) in [7, 11) is 0. The summed E-state index contributed by atoms with van der Waals surface area (Å²) >= 11 is 0. The van der Waals surface area contributed by atoms with Crippen LogP contribution in [0.5, 0.6) is 0 Å². The highest BCUT2D eigenvalue weighted by Crippen LogP contribution is 2.17. The van der Waals surface area contributed by atoms with E-state index >= 15 is 0 Å². The minimum Gasteiger partial charge on any atom is -0.394 e. The SMILES string of the molecule is O=C(Nc1ccc(C(=O)NC(CO)Cc2ccccc2)cc1)c1ccc2ccccc2c1. The fraction of sp³-hybridized carbons (Fsp3) is 0.111. The molecule has 4 rings (SSSR count). The Labute approximate surface area is 186 Å². The van der Waals surface area contributed by atoms with E-state index in [9.17, 15) is 14.7 Å². The first-order valence-electron chi connectivity index (χ1n) is 10.5. The molecule has 5 heteroatoms. The van der Waals surface area contributed by atoms with Crippen LogP contribution in [-0.4, -0.2) is 29.6 Å². The molecule has 0 aromatic heterocycles. The van der Waals surface area contributed by atoms with Gasteiger partial charge in [0.25, 0.3) is 11.8 Å². The molecule has 0 fully saturated rings. The lowest BCUT2D eigenvalue weighted by molar-refractivity contribution is 0.0916. The lowest BCUT2D eigenvalue weighted by atomic mass is 10.1. The molecule has 3 N–H and O–H groups in total. The number of nitrogens with one attached hydrogen (secondary N) is 2. The Morgan fingerprint density at radius 3 is 2.09 bits per heavy atom. The highest BCUT2D eigenvalue weighted by molar-refractivity contribution is 6.06. The highest BCUT2D eigenvalue weighted by atomic mass is 16.3. The van der Waals surface area contributed by atoms with Crippen molar-refractivity contribution in [3.05, 3.63) is 114 Å². The van der Waals surface area contributed by atoms with Crippen molar-refractivity contribution in [1.29, 1.82) is 0 Å². The summed E-state index contributed by atoms with van der Waals surface area (Å²) in [5.74, 6) is -0.483. The van der Waals surface area contributed by atoms with Crippen molar-refractivity contribution >= 4 is 28.3 Å². The highest BCUT2D eigenvalue weighted by Gasteiger charge is 2.14. The number of hydrogen-bond donors (Lipinski definition) is 3. The van der Waals surface area contributed by atoms with Crippen LogP contribution in [0, 0.1) is 0 Å². The van der Waals surface area contributed by atoms with Crippen LogP contribution < -0.4 is 10.6 Å². The molecular formula is C27H24N2O3. The van der Waals surface area contributed by atoms with Crippen molar-refractivity contribution in [2.75, 3.05) is 11.9 Å². The lowest BCUT2D eigenvalue weighted by Crippen LogP contribution is -2.39. The maximum atomic E-state index is 12.6. The van der Waals surface area contributed by atoms with Crippen LogP contribution in [0.4, 0.5) is 5.69 Å². The number of aliphatic hydroxyl groups is 1. The molecule has 0 saturated carbocycles. The Morgan fingerprint density at radius 1 is 0.719 bits per heavy atom. The van der Waals surface area contributed by atoms with Crippen LogP contribution in [0.25, 0.3) is 10.8 Å². The maximum Gasteiger partial charge on any atom is 0.255 e. The number of amides is 2. The van der Waals surface area contributed by atoms with Crippen LogP contribution in [-0.2, 0) is 6.42 Å². The Kier molecular flexibility index (Phi) is 6.58. The first kappa shape index (κ1) is 21.3. The van der Waals surface area contributed by atoms with Crippen LogP contribution in [0.3, 0.4) is 0 Å². The summed E-state index contributed by atoms with van der Waals surface area (Å²) in [6.45, 7) is -0.152. The second-order valence-corrected chi connectivity index (χ2v) is 7.64. The van der Waals surface area contributed by atoms with Crippen molar-refractivity contribution in [3.8, 4) is 0 Å². The smallest absolute Gasteiger partial charge is 0.255 e. The van der Waals surface area contributed by atoms with Crippen molar-refractivity contribution in [2.45, 2.75) is 12.5 Å². The van der Waals surface area contributed by atoms with E-state index < -0.39 is 0 Å². The van der Waals surface area contributed by atoms with Crippen molar-refractivity contribution in [3.63, 3.8) is 0 Å². The van der Waals surface area contributed by atoms with E-state index in [0.717, 1.165) is 16.3 Å². The van der Waals surface area contributed by atoms with Crippen LogP contribution in [0.2, 0.25) is 0 Å². The van der Waals surface area contributed by atoms with Gasteiger partial charge in [-0.2, -0.15) is 0 Å². The molecule has 0 radical (unpaired) electrons. The fourth-order valence-corrected chi connectivity index (χ4v) is 3.57. The molecule has 0 aliphatic carbocycles. The Balaban J connectivity index is 1.38. The van der Waals surface area contributed by atoms with Gasteiger partial charge in [-0.25, -0.2) is 0 Å². The van der Waals surface area contributed by atoms with Crippen molar-refractivity contribution in [2.24, 2.45) is 0 Å². The largest absolute Gasteiger partial charge is 0.394 e. The second kappa shape index (κ2) is 9.90. The normalized spacial score (nSPS) is 11.7. The van der Waals surface area contributed by atoms with E-state index in [2.05, 4.69) is 10.6 Å². The fourth-order valence-electron chi connectivity index (χ4n) is 3.57. The van der Waals surface area contributed by atoms with Crippen molar-refractivity contribution in [1.82, 2.24) is 5.32 Å². The monoisotopic (exact) mass is 424 g/mol. The predicted molar refractivity (Wildman–Crippen MR) is 127 cm³/mol. The van der Waals surface area contributed by atoms with E-state index in [0.29, 0.717) is 23.2 Å². The molecule has 32 heavy (non-hydrogen) atoms. The summed E-state index contributed by atoms with van der Waals surface area (Å²) in [6.07, 6.45) is 0.545.